The van der Waals surface area contributed by atoms with Crippen LogP contribution in [0.15, 0.2) is 30.3 Å². The number of benzene rings is 1. The zero-order valence-corrected chi connectivity index (χ0v) is 18.8. The first kappa shape index (κ1) is 26.0. The van der Waals surface area contributed by atoms with Gasteiger partial charge < -0.3 is 40.7 Å². The smallest absolute Gasteiger partial charge is 0.247 e. The fourth-order valence-electron chi connectivity index (χ4n) is 3.65. The number of hydrogen-bond donors (Lipinski definition) is 6. The number of amides is 2. The molecule has 184 valence electrons. The summed E-state index contributed by atoms with van der Waals surface area (Å²) in [5.74, 6) is -0.677. The average molecular weight is 487 g/mol. The summed E-state index contributed by atoms with van der Waals surface area (Å²) >= 11 is 1.10. The molecule has 0 aromatic heterocycles. The van der Waals surface area contributed by atoms with Crippen LogP contribution in [0.5, 0.6) is 0 Å². The minimum atomic E-state index is -1.59. The molecule has 1 aromatic rings. The molecule has 12 heteroatoms. The van der Waals surface area contributed by atoms with E-state index in [4.69, 9.17) is 15.2 Å². The number of imide groups is 1. The summed E-state index contributed by atoms with van der Waals surface area (Å²) in [6, 6.07) is 7.57. The summed E-state index contributed by atoms with van der Waals surface area (Å²) in [6.07, 6.45) is -9.38. The van der Waals surface area contributed by atoms with Crippen LogP contribution in [0.2, 0.25) is 0 Å². The Kier molecular flexibility index (Phi) is 8.83. The summed E-state index contributed by atoms with van der Waals surface area (Å²) in [5.41, 5.74) is 6.22. The molecule has 1 aromatic carbocycles. The van der Waals surface area contributed by atoms with E-state index in [1.54, 1.807) is 30.3 Å². The number of carbonyl (C=O) groups is 2. The van der Waals surface area contributed by atoms with Gasteiger partial charge in [0.15, 0.2) is 6.29 Å². The van der Waals surface area contributed by atoms with Gasteiger partial charge in [0.25, 0.3) is 0 Å². The maximum atomic E-state index is 12.8. The van der Waals surface area contributed by atoms with Crippen molar-refractivity contribution in [2.24, 2.45) is 5.73 Å². The maximum absolute atomic E-state index is 12.8. The van der Waals surface area contributed by atoms with Gasteiger partial charge in [-0.25, -0.2) is 4.90 Å². The number of rotatable bonds is 9. The predicted octanol–water partition coefficient (Wildman–Crippen LogP) is -2.06. The molecule has 33 heavy (non-hydrogen) atoms. The van der Waals surface area contributed by atoms with Crippen molar-refractivity contribution in [1.29, 1.82) is 0 Å². The summed E-state index contributed by atoms with van der Waals surface area (Å²) in [5, 5.41) is 49.2. The third-order valence-corrected chi connectivity index (χ3v) is 6.93. The van der Waals surface area contributed by atoms with Crippen molar-refractivity contribution in [3.8, 4) is 0 Å². The van der Waals surface area contributed by atoms with Crippen molar-refractivity contribution in [2.45, 2.75) is 67.6 Å². The van der Waals surface area contributed by atoms with Gasteiger partial charge in [-0.1, -0.05) is 18.2 Å². The summed E-state index contributed by atoms with van der Waals surface area (Å²) in [7, 11) is 0. The van der Waals surface area contributed by atoms with Crippen molar-refractivity contribution < 1.29 is 44.6 Å². The van der Waals surface area contributed by atoms with E-state index in [0.717, 1.165) is 16.7 Å². The van der Waals surface area contributed by atoms with Gasteiger partial charge in [0.05, 0.1) is 41.9 Å². The highest BCUT2D eigenvalue weighted by Crippen LogP contribution is 2.32. The van der Waals surface area contributed by atoms with Gasteiger partial charge >= 0.3 is 0 Å². The number of carbonyl (C=O) groups excluding carboxylic acids is 2. The van der Waals surface area contributed by atoms with Crippen LogP contribution < -0.4 is 10.6 Å². The van der Waals surface area contributed by atoms with E-state index in [1.807, 2.05) is 0 Å². The molecule has 0 radical (unpaired) electrons. The van der Waals surface area contributed by atoms with Crippen LogP contribution in [-0.4, -0.2) is 104 Å². The number of hydrogen-bond acceptors (Lipinski definition) is 11. The molecule has 0 bridgehead atoms. The highest BCUT2D eigenvalue weighted by molar-refractivity contribution is 8.00. The Morgan fingerprint density at radius 2 is 1.82 bits per heavy atom. The molecule has 7 N–H and O–H groups in total. The maximum Gasteiger partial charge on any atom is 0.247 e. The number of aliphatic hydroxyl groups is 5. The lowest BCUT2D eigenvalue weighted by atomic mass is 10.00. The molecule has 2 aliphatic rings. The van der Waals surface area contributed by atoms with E-state index in [-0.39, 0.29) is 30.6 Å². The fourth-order valence-corrected chi connectivity index (χ4v) is 4.85. The SMILES string of the molecule is C[C@@H](O)[C@@H](O)[C@@H](N)CO[C@H]1OC(CSC2CC(=O)N(c3ccccc3)C2=O)[C@H](O)C(O)C1O. The fraction of sp³-hybridized carbons (Fsp3) is 0.619. The molecular weight excluding hydrogens is 456 g/mol. The van der Waals surface area contributed by atoms with Crippen molar-refractivity contribution in [3.05, 3.63) is 30.3 Å². The lowest BCUT2D eigenvalue weighted by molar-refractivity contribution is -0.293. The van der Waals surface area contributed by atoms with Crippen molar-refractivity contribution in [3.63, 3.8) is 0 Å². The second-order valence-corrected chi connectivity index (χ2v) is 9.41. The highest BCUT2D eigenvalue weighted by atomic mass is 32.2. The van der Waals surface area contributed by atoms with Gasteiger partial charge in [-0.15, -0.1) is 11.8 Å². The van der Waals surface area contributed by atoms with Gasteiger partial charge in [0.2, 0.25) is 11.8 Å². The molecule has 11 nitrogen and oxygen atoms in total. The quantitative estimate of drug-likeness (QED) is 0.211. The second-order valence-electron chi connectivity index (χ2n) is 8.17. The van der Waals surface area contributed by atoms with Crippen LogP contribution in [-0.2, 0) is 19.1 Å². The number of anilines is 1. The van der Waals surface area contributed by atoms with Crippen LogP contribution in [0.3, 0.4) is 0 Å². The molecule has 2 heterocycles. The van der Waals surface area contributed by atoms with Crippen LogP contribution in [0.25, 0.3) is 0 Å². The molecule has 2 fully saturated rings. The van der Waals surface area contributed by atoms with Crippen molar-refractivity contribution in [1.82, 2.24) is 0 Å². The lowest BCUT2D eigenvalue weighted by Crippen LogP contribution is -2.59. The van der Waals surface area contributed by atoms with Gasteiger partial charge in [-0.3, -0.25) is 9.59 Å². The number of aliphatic hydroxyl groups excluding tert-OH is 5. The van der Waals surface area contributed by atoms with E-state index >= 15 is 0 Å². The van der Waals surface area contributed by atoms with E-state index < -0.39 is 54.2 Å². The first-order chi connectivity index (χ1) is 15.6. The Morgan fingerprint density at radius 3 is 2.45 bits per heavy atom. The standard InChI is InChI=1S/C21H30N2O9S/c1-10(24)16(26)12(22)8-31-21-19(29)18(28)17(27)13(32-21)9-33-14-7-15(25)23(20(14)30)11-5-3-2-4-6-11/h2-6,10,12-14,16-19,21,24,26-29H,7-9,22H2,1H3/t10-,12+,13?,14?,16-,17+,18?,19?,21+/m1/s1. The molecule has 3 rings (SSSR count). The van der Waals surface area contributed by atoms with Gasteiger partial charge in [0.1, 0.15) is 18.3 Å². The minimum Gasteiger partial charge on any atom is -0.391 e. The van der Waals surface area contributed by atoms with Crippen LogP contribution in [0.1, 0.15) is 13.3 Å². The van der Waals surface area contributed by atoms with Crippen LogP contribution in [0.4, 0.5) is 5.69 Å². The van der Waals surface area contributed by atoms with Crippen molar-refractivity contribution >= 4 is 29.3 Å². The number of para-hydroxylation sites is 1. The highest BCUT2D eigenvalue weighted by Gasteiger charge is 2.46. The van der Waals surface area contributed by atoms with Gasteiger partial charge in [-0.2, -0.15) is 0 Å². The molecule has 0 saturated carbocycles. The monoisotopic (exact) mass is 486 g/mol. The molecule has 4 unspecified atom stereocenters. The average Bonchev–Trinajstić information content (AvgIpc) is 3.08. The first-order valence-electron chi connectivity index (χ1n) is 10.6. The normalized spacial score (nSPS) is 33.2. The molecule has 0 aliphatic carbocycles. The number of nitrogens with two attached hydrogens (primary N) is 1. The minimum absolute atomic E-state index is 0.0155. The number of thioether (sulfide) groups is 1. The zero-order valence-electron chi connectivity index (χ0n) is 18.0. The Bertz CT molecular complexity index is 814. The lowest BCUT2D eigenvalue weighted by Gasteiger charge is -2.40. The van der Waals surface area contributed by atoms with E-state index in [1.165, 1.54) is 6.92 Å². The molecule has 2 saturated heterocycles. The van der Waals surface area contributed by atoms with E-state index in [9.17, 15) is 35.1 Å². The van der Waals surface area contributed by atoms with E-state index in [2.05, 4.69) is 0 Å². The first-order valence-corrected chi connectivity index (χ1v) is 11.6. The Hall–Kier alpha value is -1.61. The number of nitrogens with zero attached hydrogens (tertiary/aromatic N) is 1. The second kappa shape index (κ2) is 11.2. The molecular formula is C21H30N2O9S. The predicted molar refractivity (Wildman–Crippen MR) is 118 cm³/mol. The Labute approximate surface area is 195 Å². The van der Waals surface area contributed by atoms with Crippen molar-refractivity contribution in [2.75, 3.05) is 17.3 Å². The Morgan fingerprint density at radius 1 is 1.15 bits per heavy atom. The summed E-state index contributed by atoms with van der Waals surface area (Å²) in [4.78, 5) is 26.3. The molecule has 2 aliphatic heterocycles. The van der Waals surface area contributed by atoms with E-state index in [0.29, 0.717) is 5.69 Å². The molecule has 0 spiro atoms. The Balaban J connectivity index is 1.58. The number of ether oxygens (including phenoxy) is 2. The topological polar surface area (TPSA) is 183 Å². The molecule has 9 atom stereocenters. The molecule has 2 amide bonds. The largest absolute Gasteiger partial charge is 0.391 e. The summed E-state index contributed by atoms with van der Waals surface area (Å²) in [6.45, 7) is 1.07. The van der Waals surface area contributed by atoms with Crippen LogP contribution in [0, 0.1) is 0 Å². The van der Waals surface area contributed by atoms with Crippen LogP contribution >= 0.6 is 11.8 Å². The summed E-state index contributed by atoms with van der Waals surface area (Å²) < 4.78 is 11.0. The zero-order chi connectivity index (χ0) is 24.3. The third kappa shape index (κ3) is 5.91. The van der Waals surface area contributed by atoms with Gasteiger partial charge in [0, 0.05) is 12.2 Å². The third-order valence-electron chi connectivity index (χ3n) is 5.64. The van der Waals surface area contributed by atoms with Gasteiger partial charge in [-0.05, 0) is 19.1 Å².